The topological polar surface area (TPSA) is 38.3 Å². The van der Waals surface area contributed by atoms with E-state index in [0.29, 0.717) is 11.3 Å². The molecule has 0 saturated heterocycles. The number of carbonyl (C=O) groups excluding carboxylic acids is 1. The summed E-state index contributed by atoms with van der Waals surface area (Å²) in [4.78, 5) is 11.9. The Balaban J connectivity index is 2.66. The Morgan fingerprint density at radius 1 is 1.47 bits per heavy atom. The van der Waals surface area contributed by atoms with E-state index in [1.54, 1.807) is 26.0 Å². The summed E-state index contributed by atoms with van der Waals surface area (Å²) in [7, 11) is 0. The second-order valence-corrected chi connectivity index (χ2v) is 5.40. The number of aryl methyl sites for hydroxylation is 1. The van der Waals surface area contributed by atoms with Crippen molar-refractivity contribution in [2.24, 2.45) is 0 Å². The van der Waals surface area contributed by atoms with Gasteiger partial charge in [-0.1, -0.05) is 13.0 Å². The van der Waals surface area contributed by atoms with Gasteiger partial charge in [-0.15, -0.1) is 0 Å². The first-order valence-electron chi connectivity index (χ1n) is 6.50. The van der Waals surface area contributed by atoms with Crippen LogP contribution in [0.5, 0.6) is 5.75 Å². The molecule has 1 amide bonds. The van der Waals surface area contributed by atoms with Gasteiger partial charge in [0.15, 0.2) is 6.10 Å². The van der Waals surface area contributed by atoms with E-state index in [1.165, 1.54) is 6.07 Å². The number of hydrogen-bond donors (Lipinski definition) is 1. The molecule has 1 aromatic rings. The maximum atomic E-state index is 13.4. The fourth-order valence-corrected chi connectivity index (χ4v) is 1.43. The van der Waals surface area contributed by atoms with E-state index in [1.807, 2.05) is 20.8 Å². The van der Waals surface area contributed by atoms with Crippen molar-refractivity contribution >= 4 is 5.91 Å². The highest BCUT2D eigenvalue weighted by Gasteiger charge is 2.22. The van der Waals surface area contributed by atoms with Gasteiger partial charge in [-0.2, -0.15) is 0 Å². The SMILES string of the molecule is CCC(C)(C)NC(=O)C(C)Oc1ccc(C)c(F)c1. The number of carbonyl (C=O) groups is 1. The second-order valence-electron chi connectivity index (χ2n) is 5.40. The summed E-state index contributed by atoms with van der Waals surface area (Å²) < 4.78 is 18.8. The largest absolute Gasteiger partial charge is 0.481 e. The fourth-order valence-electron chi connectivity index (χ4n) is 1.43. The molecule has 0 heterocycles. The molecule has 0 aliphatic heterocycles. The molecule has 1 N–H and O–H groups in total. The van der Waals surface area contributed by atoms with Crippen LogP contribution in [0.1, 0.15) is 39.7 Å². The summed E-state index contributed by atoms with van der Waals surface area (Å²) in [5.74, 6) is -0.174. The van der Waals surface area contributed by atoms with Crippen LogP contribution in [0.4, 0.5) is 4.39 Å². The highest BCUT2D eigenvalue weighted by molar-refractivity contribution is 5.81. The van der Waals surface area contributed by atoms with Crippen molar-refractivity contribution in [2.45, 2.75) is 52.7 Å². The lowest BCUT2D eigenvalue weighted by atomic mass is 10.0. The molecule has 4 heteroatoms. The predicted molar refractivity (Wildman–Crippen MR) is 73.7 cm³/mol. The van der Waals surface area contributed by atoms with E-state index in [2.05, 4.69) is 5.32 Å². The van der Waals surface area contributed by atoms with Gasteiger partial charge >= 0.3 is 0 Å². The van der Waals surface area contributed by atoms with Gasteiger partial charge in [0.25, 0.3) is 5.91 Å². The minimum Gasteiger partial charge on any atom is -0.481 e. The highest BCUT2D eigenvalue weighted by atomic mass is 19.1. The van der Waals surface area contributed by atoms with Gasteiger partial charge in [-0.3, -0.25) is 4.79 Å². The molecule has 0 bridgehead atoms. The number of halogens is 1. The van der Waals surface area contributed by atoms with Crippen molar-refractivity contribution in [3.8, 4) is 5.75 Å². The Labute approximate surface area is 114 Å². The Morgan fingerprint density at radius 3 is 2.63 bits per heavy atom. The summed E-state index contributed by atoms with van der Waals surface area (Å²) >= 11 is 0. The molecular formula is C15H22FNO2. The number of hydrogen-bond acceptors (Lipinski definition) is 2. The highest BCUT2D eigenvalue weighted by Crippen LogP contribution is 2.17. The zero-order valence-corrected chi connectivity index (χ0v) is 12.2. The zero-order chi connectivity index (χ0) is 14.6. The number of benzene rings is 1. The van der Waals surface area contributed by atoms with Gasteiger partial charge in [0.05, 0.1) is 0 Å². The number of amides is 1. The summed E-state index contributed by atoms with van der Waals surface area (Å²) in [6.45, 7) is 9.23. The Hall–Kier alpha value is -1.58. The van der Waals surface area contributed by atoms with Crippen LogP contribution in [-0.2, 0) is 4.79 Å². The van der Waals surface area contributed by atoms with Crippen LogP contribution < -0.4 is 10.1 Å². The Kier molecular flexibility index (Phi) is 4.92. The molecule has 0 aliphatic rings. The molecule has 0 aliphatic carbocycles. The third kappa shape index (κ3) is 4.54. The van der Waals surface area contributed by atoms with Gasteiger partial charge < -0.3 is 10.1 Å². The van der Waals surface area contributed by atoms with Crippen molar-refractivity contribution in [1.29, 1.82) is 0 Å². The summed E-state index contributed by atoms with van der Waals surface area (Å²) in [5, 5.41) is 2.89. The van der Waals surface area contributed by atoms with E-state index >= 15 is 0 Å². The van der Waals surface area contributed by atoms with Crippen LogP contribution in [0, 0.1) is 12.7 Å². The minimum absolute atomic E-state index is 0.201. The molecule has 0 aromatic heterocycles. The first-order chi connectivity index (χ1) is 8.75. The van der Waals surface area contributed by atoms with E-state index in [0.717, 1.165) is 6.42 Å². The molecular weight excluding hydrogens is 245 g/mol. The summed E-state index contributed by atoms with van der Waals surface area (Å²) in [5.41, 5.74) is 0.282. The van der Waals surface area contributed by atoms with Gasteiger partial charge in [0, 0.05) is 11.6 Å². The number of rotatable bonds is 5. The summed E-state index contributed by atoms with van der Waals surface area (Å²) in [6, 6.07) is 4.59. The van der Waals surface area contributed by atoms with Crippen LogP contribution in [0.2, 0.25) is 0 Å². The van der Waals surface area contributed by atoms with E-state index in [-0.39, 0.29) is 17.3 Å². The molecule has 106 valence electrons. The van der Waals surface area contributed by atoms with Crippen LogP contribution >= 0.6 is 0 Å². The van der Waals surface area contributed by atoms with Gasteiger partial charge in [-0.05, 0) is 45.7 Å². The first kappa shape index (κ1) is 15.5. The third-order valence-electron chi connectivity index (χ3n) is 3.17. The zero-order valence-electron chi connectivity index (χ0n) is 12.2. The smallest absolute Gasteiger partial charge is 0.261 e. The quantitative estimate of drug-likeness (QED) is 0.889. The molecule has 0 fully saturated rings. The fraction of sp³-hybridized carbons (Fsp3) is 0.533. The monoisotopic (exact) mass is 267 g/mol. The molecule has 1 atom stereocenters. The third-order valence-corrected chi connectivity index (χ3v) is 3.17. The van der Waals surface area contributed by atoms with Crippen molar-refractivity contribution < 1.29 is 13.9 Å². The van der Waals surface area contributed by atoms with Gasteiger partial charge in [0.2, 0.25) is 0 Å². The average Bonchev–Trinajstić information content (AvgIpc) is 2.33. The predicted octanol–water partition coefficient (Wildman–Crippen LogP) is 3.21. The van der Waals surface area contributed by atoms with Crippen molar-refractivity contribution in [1.82, 2.24) is 5.32 Å². The lowest BCUT2D eigenvalue weighted by Gasteiger charge is -2.26. The van der Waals surface area contributed by atoms with Crippen LogP contribution in [0.3, 0.4) is 0 Å². The van der Waals surface area contributed by atoms with Crippen molar-refractivity contribution in [2.75, 3.05) is 0 Å². The lowest BCUT2D eigenvalue weighted by molar-refractivity contribution is -0.128. The molecule has 3 nitrogen and oxygen atoms in total. The van der Waals surface area contributed by atoms with E-state index in [9.17, 15) is 9.18 Å². The van der Waals surface area contributed by atoms with Crippen molar-refractivity contribution in [3.05, 3.63) is 29.6 Å². The molecule has 1 rings (SSSR count). The van der Waals surface area contributed by atoms with Gasteiger partial charge in [-0.25, -0.2) is 4.39 Å². The van der Waals surface area contributed by atoms with Crippen LogP contribution in [0.15, 0.2) is 18.2 Å². The number of nitrogens with one attached hydrogen (secondary N) is 1. The minimum atomic E-state index is -0.659. The second kappa shape index (κ2) is 6.04. The molecule has 0 saturated carbocycles. The molecule has 19 heavy (non-hydrogen) atoms. The Morgan fingerprint density at radius 2 is 2.11 bits per heavy atom. The molecule has 0 radical (unpaired) electrons. The molecule has 1 unspecified atom stereocenters. The van der Waals surface area contributed by atoms with E-state index < -0.39 is 6.10 Å². The standard InChI is InChI=1S/C15H22FNO2/c1-6-15(4,5)17-14(18)11(3)19-12-8-7-10(2)13(16)9-12/h7-9,11H,6H2,1-5H3,(H,17,18). The average molecular weight is 267 g/mol. The van der Waals surface area contributed by atoms with E-state index in [4.69, 9.17) is 4.74 Å². The van der Waals surface area contributed by atoms with Crippen LogP contribution in [0.25, 0.3) is 0 Å². The maximum absolute atomic E-state index is 13.4. The number of ether oxygens (including phenoxy) is 1. The first-order valence-corrected chi connectivity index (χ1v) is 6.50. The normalized spacial score (nSPS) is 12.9. The van der Waals surface area contributed by atoms with Gasteiger partial charge in [0.1, 0.15) is 11.6 Å². The molecule has 0 spiro atoms. The maximum Gasteiger partial charge on any atom is 0.261 e. The summed E-state index contributed by atoms with van der Waals surface area (Å²) in [6.07, 6.45) is 0.165. The lowest BCUT2D eigenvalue weighted by Crippen LogP contribution is -2.48. The van der Waals surface area contributed by atoms with Crippen LogP contribution in [-0.4, -0.2) is 17.6 Å². The molecule has 1 aromatic carbocycles. The van der Waals surface area contributed by atoms with Crippen molar-refractivity contribution in [3.63, 3.8) is 0 Å². The Bertz CT molecular complexity index is 457.